The number of carbonyl (C=O) groups excluding carboxylic acids is 1. The first-order valence-electron chi connectivity index (χ1n) is 8.37. The monoisotopic (exact) mass is 304 g/mol. The topological polar surface area (TPSA) is 41.6 Å². The van der Waals surface area contributed by atoms with Gasteiger partial charge in [-0.15, -0.1) is 0 Å². The lowest BCUT2D eigenvalue weighted by molar-refractivity contribution is 0.113. The van der Waals surface area contributed by atoms with Gasteiger partial charge in [0.15, 0.2) is 0 Å². The summed E-state index contributed by atoms with van der Waals surface area (Å²) in [4.78, 5) is 14.4. The third kappa shape index (κ3) is 5.68. The Balaban J connectivity index is 1.75. The number of alkyl carbamates (subject to hydrolysis) is 1. The Morgan fingerprint density at radius 2 is 2.09 bits per heavy atom. The van der Waals surface area contributed by atoms with E-state index in [2.05, 4.69) is 24.1 Å². The van der Waals surface area contributed by atoms with E-state index in [9.17, 15) is 4.79 Å². The fraction of sp³-hybridized carbons (Fsp3) is 0.611. The predicted octanol–water partition coefficient (Wildman–Crippen LogP) is 3.42. The van der Waals surface area contributed by atoms with Crippen molar-refractivity contribution >= 4 is 6.09 Å². The highest BCUT2D eigenvalue weighted by Gasteiger charge is 2.25. The van der Waals surface area contributed by atoms with Gasteiger partial charge in [0.1, 0.15) is 6.61 Å². The van der Waals surface area contributed by atoms with E-state index in [0.717, 1.165) is 31.6 Å². The van der Waals surface area contributed by atoms with E-state index in [-0.39, 0.29) is 12.1 Å². The molecule has 0 saturated carbocycles. The second kappa shape index (κ2) is 8.79. The predicted molar refractivity (Wildman–Crippen MR) is 88.7 cm³/mol. The summed E-state index contributed by atoms with van der Waals surface area (Å²) < 4.78 is 5.31. The summed E-state index contributed by atoms with van der Waals surface area (Å²) in [6, 6.07) is 9.97. The number of piperidine rings is 1. The number of unbranched alkanes of at least 4 members (excludes halogenated alkanes) is 1. The second-order valence-electron chi connectivity index (χ2n) is 6.36. The molecular weight excluding hydrogens is 276 g/mol. The van der Waals surface area contributed by atoms with Gasteiger partial charge in [0.2, 0.25) is 0 Å². The number of nitrogens with zero attached hydrogens (tertiary/aromatic N) is 1. The van der Waals surface area contributed by atoms with Crippen molar-refractivity contribution in [3.63, 3.8) is 0 Å². The molecule has 1 aromatic carbocycles. The summed E-state index contributed by atoms with van der Waals surface area (Å²) in [5, 5.41) is 3.02. The Hall–Kier alpha value is -1.55. The van der Waals surface area contributed by atoms with Crippen LogP contribution < -0.4 is 5.32 Å². The third-order valence-electron chi connectivity index (χ3n) is 4.10. The van der Waals surface area contributed by atoms with Crippen LogP contribution in [0, 0.1) is 5.92 Å². The number of hydrogen-bond donors (Lipinski definition) is 1. The molecule has 0 spiro atoms. The van der Waals surface area contributed by atoms with Gasteiger partial charge in [-0.25, -0.2) is 4.79 Å². The summed E-state index contributed by atoms with van der Waals surface area (Å²) in [6.07, 6.45) is 3.15. The van der Waals surface area contributed by atoms with Gasteiger partial charge in [0.25, 0.3) is 0 Å². The van der Waals surface area contributed by atoms with Crippen molar-refractivity contribution in [2.24, 2.45) is 5.92 Å². The lowest BCUT2D eigenvalue weighted by atomic mass is 9.96. The number of ether oxygens (including phenoxy) is 1. The molecule has 0 aliphatic carbocycles. The van der Waals surface area contributed by atoms with Gasteiger partial charge >= 0.3 is 6.09 Å². The molecule has 1 aliphatic rings. The molecule has 22 heavy (non-hydrogen) atoms. The third-order valence-corrected chi connectivity index (χ3v) is 4.10. The van der Waals surface area contributed by atoms with E-state index >= 15 is 0 Å². The number of nitrogens with one attached hydrogen (secondary N) is 1. The molecule has 4 heteroatoms. The van der Waals surface area contributed by atoms with Gasteiger partial charge in [-0.1, -0.05) is 50.6 Å². The fourth-order valence-electron chi connectivity index (χ4n) is 3.06. The van der Waals surface area contributed by atoms with Crippen molar-refractivity contribution in [2.45, 2.75) is 45.8 Å². The number of amides is 1. The molecule has 1 fully saturated rings. The minimum atomic E-state index is -0.307. The van der Waals surface area contributed by atoms with Crippen LogP contribution in [0.25, 0.3) is 0 Å². The molecule has 1 amide bonds. The molecule has 0 radical (unpaired) electrons. The zero-order chi connectivity index (χ0) is 15.8. The van der Waals surface area contributed by atoms with Crippen LogP contribution in [-0.2, 0) is 11.3 Å². The summed E-state index contributed by atoms with van der Waals surface area (Å²) in [5.41, 5.74) is 1.01. The minimum absolute atomic E-state index is 0.198. The number of benzene rings is 1. The van der Waals surface area contributed by atoms with Gasteiger partial charge in [-0.2, -0.15) is 0 Å². The minimum Gasteiger partial charge on any atom is -0.445 e. The van der Waals surface area contributed by atoms with Crippen LogP contribution in [0.4, 0.5) is 4.79 Å². The number of likely N-dealkylation sites (tertiary alicyclic amines) is 1. The summed E-state index contributed by atoms with van der Waals surface area (Å²) in [7, 11) is 0. The molecule has 1 aromatic rings. The second-order valence-corrected chi connectivity index (χ2v) is 6.36. The van der Waals surface area contributed by atoms with Gasteiger partial charge < -0.3 is 15.0 Å². The highest BCUT2D eigenvalue weighted by atomic mass is 16.5. The Morgan fingerprint density at radius 1 is 1.32 bits per heavy atom. The number of carbonyl (C=O) groups is 1. The van der Waals surface area contributed by atoms with Crippen LogP contribution >= 0.6 is 0 Å². The smallest absolute Gasteiger partial charge is 0.407 e. The highest BCUT2D eigenvalue weighted by Crippen LogP contribution is 2.17. The molecule has 1 heterocycles. The maximum atomic E-state index is 12.0. The van der Waals surface area contributed by atoms with E-state index in [4.69, 9.17) is 4.74 Å². The molecule has 2 rings (SSSR count). The van der Waals surface area contributed by atoms with Gasteiger partial charge in [0, 0.05) is 19.1 Å². The van der Waals surface area contributed by atoms with Gasteiger partial charge in [0.05, 0.1) is 0 Å². The quantitative estimate of drug-likeness (QED) is 0.875. The fourth-order valence-corrected chi connectivity index (χ4v) is 3.06. The van der Waals surface area contributed by atoms with Crippen molar-refractivity contribution in [3.8, 4) is 0 Å². The molecule has 4 nitrogen and oxygen atoms in total. The molecular formula is C18H28N2O2. The largest absolute Gasteiger partial charge is 0.445 e. The maximum absolute atomic E-state index is 12.0. The van der Waals surface area contributed by atoms with E-state index in [0.29, 0.717) is 12.5 Å². The molecule has 1 N–H and O–H groups in total. The normalized spacial score (nSPS) is 22.3. The first kappa shape index (κ1) is 16.8. The summed E-state index contributed by atoms with van der Waals surface area (Å²) in [5.74, 6) is 0.616. The lowest BCUT2D eigenvalue weighted by Crippen LogP contribution is -2.50. The van der Waals surface area contributed by atoms with E-state index < -0.39 is 0 Å². The Labute approximate surface area is 133 Å². The molecule has 0 bridgehead atoms. The zero-order valence-electron chi connectivity index (χ0n) is 13.8. The zero-order valence-corrected chi connectivity index (χ0v) is 13.8. The standard InChI is InChI=1S/C18H28N2O2/c1-3-4-10-20-12-15(2)11-17(13-20)19-18(21)22-14-16-8-6-5-7-9-16/h5-9,15,17H,3-4,10-14H2,1-2H3,(H,19,21). The summed E-state index contributed by atoms with van der Waals surface area (Å²) >= 11 is 0. The van der Waals surface area contributed by atoms with Gasteiger partial charge in [-0.05, 0) is 30.9 Å². The van der Waals surface area contributed by atoms with E-state index in [1.54, 1.807) is 0 Å². The lowest BCUT2D eigenvalue weighted by Gasteiger charge is -2.36. The van der Waals surface area contributed by atoms with Crippen molar-refractivity contribution in [2.75, 3.05) is 19.6 Å². The van der Waals surface area contributed by atoms with Gasteiger partial charge in [-0.3, -0.25) is 0 Å². The number of hydrogen-bond acceptors (Lipinski definition) is 3. The first-order valence-corrected chi connectivity index (χ1v) is 8.37. The Bertz CT molecular complexity index is 450. The highest BCUT2D eigenvalue weighted by molar-refractivity contribution is 5.67. The Kier molecular flexibility index (Phi) is 6.72. The van der Waals surface area contributed by atoms with Crippen molar-refractivity contribution in [1.29, 1.82) is 0 Å². The SMILES string of the molecule is CCCCN1CC(C)CC(NC(=O)OCc2ccccc2)C1. The van der Waals surface area contributed by atoms with E-state index in [1.807, 2.05) is 30.3 Å². The molecule has 2 atom stereocenters. The molecule has 122 valence electrons. The number of rotatable bonds is 6. The molecule has 2 unspecified atom stereocenters. The molecule has 1 aliphatic heterocycles. The molecule has 1 saturated heterocycles. The Morgan fingerprint density at radius 3 is 2.82 bits per heavy atom. The van der Waals surface area contributed by atoms with E-state index in [1.165, 1.54) is 12.8 Å². The van der Waals surface area contributed by atoms with Crippen LogP contribution in [0.1, 0.15) is 38.7 Å². The maximum Gasteiger partial charge on any atom is 0.407 e. The van der Waals surface area contributed by atoms with Crippen LogP contribution in [0.15, 0.2) is 30.3 Å². The van der Waals surface area contributed by atoms with Crippen LogP contribution in [0.3, 0.4) is 0 Å². The summed E-state index contributed by atoms with van der Waals surface area (Å²) in [6.45, 7) is 7.99. The van der Waals surface area contributed by atoms with Crippen LogP contribution in [-0.4, -0.2) is 36.7 Å². The molecule has 0 aromatic heterocycles. The first-order chi connectivity index (χ1) is 10.7. The van der Waals surface area contributed by atoms with Crippen molar-refractivity contribution in [3.05, 3.63) is 35.9 Å². The van der Waals surface area contributed by atoms with Crippen molar-refractivity contribution in [1.82, 2.24) is 10.2 Å². The average molecular weight is 304 g/mol. The van der Waals surface area contributed by atoms with Crippen molar-refractivity contribution < 1.29 is 9.53 Å². The van der Waals surface area contributed by atoms with Crippen LogP contribution in [0.2, 0.25) is 0 Å². The van der Waals surface area contributed by atoms with Crippen LogP contribution in [0.5, 0.6) is 0 Å². The average Bonchev–Trinajstić information content (AvgIpc) is 2.51.